The van der Waals surface area contributed by atoms with Gasteiger partial charge in [-0.15, -0.1) is 0 Å². The number of hydrogen-bond donors (Lipinski definition) is 0. The van der Waals surface area contributed by atoms with E-state index in [1.165, 1.54) is 11.1 Å². The first-order valence-corrected chi connectivity index (χ1v) is 7.66. The highest BCUT2D eigenvalue weighted by Crippen LogP contribution is 2.26. The third kappa shape index (κ3) is 2.80. The van der Waals surface area contributed by atoms with E-state index in [0.717, 1.165) is 35.6 Å². The Hall–Kier alpha value is -1.55. The Labute approximate surface area is 127 Å². The van der Waals surface area contributed by atoms with Crippen LogP contribution in [-0.4, -0.2) is 18.1 Å². The van der Waals surface area contributed by atoms with E-state index in [0.29, 0.717) is 6.61 Å². The van der Waals surface area contributed by atoms with Crippen molar-refractivity contribution in [3.63, 3.8) is 0 Å². The van der Waals surface area contributed by atoms with Crippen molar-refractivity contribution in [3.05, 3.63) is 52.1 Å². The molecule has 104 valence electrons. The SMILES string of the molecule is CCOc1ccc2c(c1)CN(c1ccc(Br)cn1)CC2. The highest BCUT2D eigenvalue weighted by Gasteiger charge is 2.17. The number of nitrogens with zero attached hydrogens (tertiary/aromatic N) is 2. The zero-order chi connectivity index (χ0) is 13.9. The van der Waals surface area contributed by atoms with E-state index in [9.17, 15) is 0 Å². The summed E-state index contributed by atoms with van der Waals surface area (Å²) in [6, 6.07) is 10.5. The van der Waals surface area contributed by atoms with Gasteiger partial charge in [0.1, 0.15) is 11.6 Å². The molecule has 0 saturated carbocycles. The fraction of sp³-hybridized carbons (Fsp3) is 0.312. The molecule has 0 amide bonds. The van der Waals surface area contributed by atoms with Gasteiger partial charge in [-0.05, 0) is 64.7 Å². The molecule has 2 aromatic rings. The van der Waals surface area contributed by atoms with Gasteiger partial charge in [0.05, 0.1) is 6.61 Å². The predicted molar refractivity (Wildman–Crippen MR) is 84.3 cm³/mol. The zero-order valence-corrected chi connectivity index (χ0v) is 13.1. The van der Waals surface area contributed by atoms with E-state index in [1.54, 1.807) is 0 Å². The molecule has 0 spiro atoms. The third-order valence-electron chi connectivity index (χ3n) is 3.54. The Morgan fingerprint density at radius 2 is 2.15 bits per heavy atom. The third-order valence-corrected chi connectivity index (χ3v) is 4.01. The number of rotatable bonds is 3. The molecule has 20 heavy (non-hydrogen) atoms. The monoisotopic (exact) mass is 332 g/mol. The van der Waals surface area contributed by atoms with Gasteiger partial charge in [-0.25, -0.2) is 4.98 Å². The molecule has 3 rings (SSSR count). The molecular weight excluding hydrogens is 316 g/mol. The van der Waals surface area contributed by atoms with E-state index in [-0.39, 0.29) is 0 Å². The molecule has 2 heterocycles. The fourth-order valence-corrected chi connectivity index (χ4v) is 2.78. The average Bonchev–Trinajstić information content (AvgIpc) is 2.48. The molecule has 0 bridgehead atoms. The summed E-state index contributed by atoms with van der Waals surface area (Å²) in [5.41, 5.74) is 2.76. The number of hydrogen-bond acceptors (Lipinski definition) is 3. The van der Waals surface area contributed by atoms with Gasteiger partial charge in [-0.2, -0.15) is 0 Å². The number of ether oxygens (including phenoxy) is 1. The van der Waals surface area contributed by atoms with Crippen molar-refractivity contribution in [1.29, 1.82) is 0 Å². The van der Waals surface area contributed by atoms with E-state index >= 15 is 0 Å². The van der Waals surface area contributed by atoms with Crippen molar-refractivity contribution in [2.75, 3.05) is 18.1 Å². The number of benzene rings is 1. The molecule has 0 fully saturated rings. The van der Waals surface area contributed by atoms with Crippen molar-refractivity contribution in [3.8, 4) is 5.75 Å². The van der Waals surface area contributed by atoms with Crippen LogP contribution in [0.4, 0.5) is 5.82 Å². The van der Waals surface area contributed by atoms with Crippen LogP contribution >= 0.6 is 15.9 Å². The largest absolute Gasteiger partial charge is 0.494 e. The van der Waals surface area contributed by atoms with Gasteiger partial charge in [0, 0.05) is 23.8 Å². The average molecular weight is 333 g/mol. The molecule has 1 aliphatic heterocycles. The molecule has 0 unspecified atom stereocenters. The number of pyridine rings is 1. The fourth-order valence-electron chi connectivity index (χ4n) is 2.54. The van der Waals surface area contributed by atoms with Gasteiger partial charge in [0.2, 0.25) is 0 Å². The standard InChI is InChI=1S/C16H17BrN2O/c1-2-20-15-5-3-12-7-8-19(11-13(12)9-15)16-6-4-14(17)10-18-16/h3-6,9-10H,2,7-8,11H2,1H3. The first kappa shape index (κ1) is 13.4. The minimum absolute atomic E-state index is 0.705. The minimum atomic E-state index is 0.705. The molecule has 1 aromatic carbocycles. The maximum absolute atomic E-state index is 5.59. The molecule has 1 aromatic heterocycles. The lowest BCUT2D eigenvalue weighted by Crippen LogP contribution is -2.30. The Bertz CT molecular complexity index is 598. The smallest absolute Gasteiger partial charge is 0.128 e. The molecule has 4 heteroatoms. The molecule has 0 saturated heterocycles. The summed E-state index contributed by atoms with van der Waals surface area (Å²) < 4.78 is 6.60. The second-order valence-electron chi connectivity index (χ2n) is 4.87. The maximum Gasteiger partial charge on any atom is 0.128 e. The van der Waals surface area contributed by atoms with Crippen LogP contribution in [0.5, 0.6) is 5.75 Å². The van der Waals surface area contributed by atoms with Crippen molar-refractivity contribution in [1.82, 2.24) is 4.98 Å². The molecule has 0 radical (unpaired) electrons. The normalized spacial score (nSPS) is 14.0. The summed E-state index contributed by atoms with van der Waals surface area (Å²) in [5.74, 6) is 1.98. The Kier molecular flexibility index (Phi) is 3.92. The number of anilines is 1. The number of halogens is 1. The van der Waals surface area contributed by atoms with E-state index in [2.05, 4.69) is 50.1 Å². The van der Waals surface area contributed by atoms with E-state index in [4.69, 9.17) is 4.74 Å². The lowest BCUT2D eigenvalue weighted by Gasteiger charge is -2.30. The molecule has 1 aliphatic rings. The Morgan fingerprint density at radius 3 is 2.90 bits per heavy atom. The summed E-state index contributed by atoms with van der Waals surface area (Å²) in [6.45, 7) is 4.62. The van der Waals surface area contributed by atoms with Crippen LogP contribution in [0, 0.1) is 0 Å². The first-order valence-electron chi connectivity index (χ1n) is 6.87. The topological polar surface area (TPSA) is 25.4 Å². The maximum atomic E-state index is 5.59. The van der Waals surface area contributed by atoms with Crippen LogP contribution in [-0.2, 0) is 13.0 Å². The van der Waals surface area contributed by atoms with E-state index < -0.39 is 0 Å². The number of fused-ring (bicyclic) bond motifs is 1. The zero-order valence-electron chi connectivity index (χ0n) is 11.5. The number of aromatic nitrogens is 1. The van der Waals surface area contributed by atoms with Crippen LogP contribution in [0.15, 0.2) is 41.0 Å². The van der Waals surface area contributed by atoms with Crippen LogP contribution in [0.2, 0.25) is 0 Å². The molecule has 0 N–H and O–H groups in total. The van der Waals surface area contributed by atoms with Gasteiger partial charge in [0.25, 0.3) is 0 Å². The lowest BCUT2D eigenvalue weighted by atomic mass is 9.99. The van der Waals surface area contributed by atoms with Crippen molar-refractivity contribution >= 4 is 21.7 Å². The Morgan fingerprint density at radius 1 is 1.25 bits per heavy atom. The van der Waals surface area contributed by atoms with Crippen molar-refractivity contribution in [2.45, 2.75) is 19.9 Å². The van der Waals surface area contributed by atoms with Crippen molar-refractivity contribution in [2.24, 2.45) is 0 Å². The van der Waals surface area contributed by atoms with Crippen LogP contribution in [0.25, 0.3) is 0 Å². The summed E-state index contributed by atoms with van der Waals surface area (Å²) in [6.07, 6.45) is 2.90. The van der Waals surface area contributed by atoms with E-state index in [1.807, 2.05) is 19.2 Å². The summed E-state index contributed by atoms with van der Waals surface area (Å²) in [4.78, 5) is 6.79. The quantitative estimate of drug-likeness (QED) is 0.854. The summed E-state index contributed by atoms with van der Waals surface area (Å²) in [5, 5.41) is 0. The second kappa shape index (κ2) is 5.83. The molecule has 0 atom stereocenters. The summed E-state index contributed by atoms with van der Waals surface area (Å²) >= 11 is 3.42. The van der Waals surface area contributed by atoms with Crippen LogP contribution in [0.3, 0.4) is 0 Å². The highest BCUT2D eigenvalue weighted by molar-refractivity contribution is 9.10. The highest BCUT2D eigenvalue weighted by atomic mass is 79.9. The minimum Gasteiger partial charge on any atom is -0.494 e. The van der Waals surface area contributed by atoms with Crippen LogP contribution in [0.1, 0.15) is 18.1 Å². The van der Waals surface area contributed by atoms with Gasteiger partial charge in [-0.3, -0.25) is 0 Å². The van der Waals surface area contributed by atoms with Crippen LogP contribution < -0.4 is 9.64 Å². The Balaban J connectivity index is 1.83. The van der Waals surface area contributed by atoms with Gasteiger partial charge in [-0.1, -0.05) is 6.07 Å². The predicted octanol–water partition coefficient (Wildman–Crippen LogP) is 3.81. The van der Waals surface area contributed by atoms with Crippen molar-refractivity contribution < 1.29 is 4.74 Å². The molecule has 0 aliphatic carbocycles. The van der Waals surface area contributed by atoms with Gasteiger partial charge in [0.15, 0.2) is 0 Å². The van der Waals surface area contributed by atoms with Gasteiger partial charge < -0.3 is 9.64 Å². The summed E-state index contributed by atoms with van der Waals surface area (Å²) in [7, 11) is 0. The molecular formula is C16H17BrN2O. The lowest BCUT2D eigenvalue weighted by molar-refractivity contribution is 0.339. The second-order valence-corrected chi connectivity index (χ2v) is 5.79. The first-order chi connectivity index (χ1) is 9.76. The molecule has 3 nitrogen and oxygen atoms in total. The van der Waals surface area contributed by atoms with Gasteiger partial charge >= 0.3 is 0 Å².